The molecule has 0 unspecified atom stereocenters. The van der Waals surface area contributed by atoms with E-state index in [0.717, 1.165) is 23.6 Å². The molecule has 1 heterocycles. The lowest BCUT2D eigenvalue weighted by Gasteiger charge is -2.28. The zero-order chi connectivity index (χ0) is 37.4. The molecule has 0 fully saturated rings. The Balaban J connectivity index is 1.13. The third-order valence-electron chi connectivity index (χ3n) is 12.2. The number of aromatic nitrogens is 1. The molecule has 2 nitrogen and oxygen atoms in total. The molecule has 9 aromatic carbocycles. The number of anilines is 3. The van der Waals surface area contributed by atoms with Crippen LogP contribution in [0.25, 0.3) is 65.6 Å². The van der Waals surface area contributed by atoms with E-state index < -0.39 is 0 Å². The van der Waals surface area contributed by atoms with Crippen LogP contribution in [-0.4, -0.2) is 4.57 Å². The van der Waals surface area contributed by atoms with Gasteiger partial charge in [0.05, 0.1) is 11.2 Å². The molecule has 0 atom stereocenters. The van der Waals surface area contributed by atoms with Crippen LogP contribution in [0.3, 0.4) is 0 Å². The van der Waals surface area contributed by atoms with Crippen LogP contribution in [0.4, 0.5) is 17.1 Å². The van der Waals surface area contributed by atoms with Crippen molar-refractivity contribution >= 4 is 60.4 Å². The van der Waals surface area contributed by atoms with Crippen LogP contribution in [0, 0.1) is 0 Å². The van der Waals surface area contributed by atoms with Gasteiger partial charge in [-0.2, -0.15) is 0 Å². The van der Waals surface area contributed by atoms with Crippen LogP contribution >= 0.6 is 0 Å². The Hall–Kier alpha value is -6.90. The van der Waals surface area contributed by atoms with Crippen LogP contribution < -0.4 is 4.90 Å². The van der Waals surface area contributed by atoms with E-state index >= 15 is 0 Å². The van der Waals surface area contributed by atoms with Gasteiger partial charge in [0.1, 0.15) is 0 Å². The number of fused-ring (bicyclic) bond motifs is 9. The van der Waals surface area contributed by atoms with Crippen molar-refractivity contribution in [1.82, 2.24) is 4.57 Å². The van der Waals surface area contributed by atoms with Crippen LogP contribution in [0.2, 0.25) is 0 Å². The Morgan fingerprint density at radius 1 is 0.464 bits per heavy atom. The first-order valence-electron chi connectivity index (χ1n) is 19.6. The molecular weight excluding hydrogens is 677 g/mol. The third kappa shape index (κ3) is 4.96. The molecule has 1 aliphatic rings. The molecule has 1 aromatic heterocycles. The maximum absolute atomic E-state index is 2.48. The number of para-hydroxylation sites is 1. The molecule has 0 radical (unpaired) electrons. The molecule has 11 rings (SSSR count). The fourth-order valence-corrected chi connectivity index (χ4v) is 9.64. The van der Waals surface area contributed by atoms with Crippen molar-refractivity contribution < 1.29 is 0 Å². The van der Waals surface area contributed by atoms with E-state index in [1.165, 1.54) is 82.3 Å². The van der Waals surface area contributed by atoms with Crippen molar-refractivity contribution in [1.29, 1.82) is 0 Å². The van der Waals surface area contributed by atoms with E-state index in [1.54, 1.807) is 0 Å². The quantitative estimate of drug-likeness (QED) is 0.156. The van der Waals surface area contributed by atoms with Gasteiger partial charge in [-0.1, -0.05) is 166 Å². The molecule has 266 valence electrons. The standard InChI is InChI=1S/C54H40N2/c1-54(2)48-22-10-8-18-44(48)45-21-12-20-43(53(45)54)38-28-31-40(32-29-38)56(41-33-30-39-27-26-37-16-6-7-17-42(37)47(39)34-41)51-25-13-24-50-52(51)46-19-9-11-23-49(46)55(50)35-36-14-4-3-5-15-36/h3-34H,35H2,1-2H3. The minimum absolute atomic E-state index is 0.0926. The number of hydrogen-bond acceptors (Lipinski definition) is 1. The lowest BCUT2D eigenvalue weighted by atomic mass is 9.79. The van der Waals surface area contributed by atoms with E-state index in [-0.39, 0.29) is 5.41 Å². The Morgan fingerprint density at radius 2 is 1.09 bits per heavy atom. The average Bonchev–Trinajstić information content (AvgIpc) is 3.70. The van der Waals surface area contributed by atoms with E-state index in [1.807, 2.05) is 0 Å². The predicted molar refractivity (Wildman–Crippen MR) is 238 cm³/mol. The van der Waals surface area contributed by atoms with Gasteiger partial charge in [0, 0.05) is 39.6 Å². The molecule has 2 heteroatoms. The summed E-state index contributed by atoms with van der Waals surface area (Å²) < 4.78 is 2.48. The minimum atomic E-state index is -0.0926. The lowest BCUT2D eigenvalue weighted by molar-refractivity contribution is 0.662. The smallest absolute Gasteiger partial charge is 0.0561 e. The first-order chi connectivity index (χ1) is 27.5. The van der Waals surface area contributed by atoms with Crippen molar-refractivity contribution in [2.75, 3.05) is 4.90 Å². The molecule has 0 amide bonds. The normalized spacial score (nSPS) is 13.0. The van der Waals surface area contributed by atoms with Crippen LogP contribution in [-0.2, 0) is 12.0 Å². The van der Waals surface area contributed by atoms with Crippen LogP contribution in [0.15, 0.2) is 194 Å². The van der Waals surface area contributed by atoms with Gasteiger partial charge in [0.2, 0.25) is 0 Å². The van der Waals surface area contributed by atoms with Crippen molar-refractivity contribution in [3.8, 4) is 22.3 Å². The third-order valence-corrected chi connectivity index (χ3v) is 12.2. The number of hydrogen-bond donors (Lipinski definition) is 0. The second-order valence-electron chi connectivity index (χ2n) is 15.7. The Bertz CT molecular complexity index is 3130. The van der Waals surface area contributed by atoms with Gasteiger partial charge in [-0.15, -0.1) is 0 Å². The van der Waals surface area contributed by atoms with Crippen LogP contribution in [0.5, 0.6) is 0 Å². The average molecular weight is 717 g/mol. The lowest BCUT2D eigenvalue weighted by Crippen LogP contribution is -2.16. The zero-order valence-corrected chi connectivity index (χ0v) is 31.6. The number of nitrogens with zero attached hydrogens (tertiary/aromatic N) is 2. The first-order valence-corrected chi connectivity index (χ1v) is 19.6. The number of rotatable bonds is 6. The van der Waals surface area contributed by atoms with Crippen LogP contribution in [0.1, 0.15) is 30.5 Å². The highest BCUT2D eigenvalue weighted by molar-refractivity contribution is 6.16. The zero-order valence-electron chi connectivity index (χ0n) is 31.6. The van der Waals surface area contributed by atoms with Gasteiger partial charge in [-0.3, -0.25) is 0 Å². The highest BCUT2D eigenvalue weighted by atomic mass is 15.1. The molecule has 0 aliphatic heterocycles. The van der Waals surface area contributed by atoms with Gasteiger partial charge in [-0.05, 0) is 103 Å². The van der Waals surface area contributed by atoms with Gasteiger partial charge < -0.3 is 9.47 Å². The van der Waals surface area contributed by atoms with Crippen molar-refractivity contribution in [3.63, 3.8) is 0 Å². The summed E-state index contributed by atoms with van der Waals surface area (Å²) in [5, 5.41) is 7.51. The topological polar surface area (TPSA) is 8.17 Å². The first kappa shape index (κ1) is 32.5. The van der Waals surface area contributed by atoms with E-state index in [4.69, 9.17) is 0 Å². The Kier molecular flexibility index (Phi) is 7.31. The highest BCUT2D eigenvalue weighted by Gasteiger charge is 2.37. The fraction of sp³-hybridized carbons (Fsp3) is 0.0741. The predicted octanol–water partition coefficient (Wildman–Crippen LogP) is 14.6. The fourth-order valence-electron chi connectivity index (χ4n) is 9.64. The monoisotopic (exact) mass is 716 g/mol. The second-order valence-corrected chi connectivity index (χ2v) is 15.7. The van der Waals surface area contributed by atoms with Crippen molar-refractivity contribution in [2.24, 2.45) is 0 Å². The molecule has 0 saturated heterocycles. The molecular formula is C54H40N2. The maximum atomic E-state index is 2.48. The molecule has 0 N–H and O–H groups in total. The van der Waals surface area contributed by atoms with E-state index in [9.17, 15) is 0 Å². The minimum Gasteiger partial charge on any atom is -0.336 e. The molecule has 10 aromatic rings. The van der Waals surface area contributed by atoms with Gasteiger partial charge >= 0.3 is 0 Å². The summed E-state index contributed by atoms with van der Waals surface area (Å²) >= 11 is 0. The Labute approximate surface area is 327 Å². The summed E-state index contributed by atoms with van der Waals surface area (Å²) in [7, 11) is 0. The van der Waals surface area contributed by atoms with Crippen molar-refractivity contribution in [3.05, 3.63) is 211 Å². The second kappa shape index (κ2) is 12.6. The molecule has 1 aliphatic carbocycles. The summed E-state index contributed by atoms with van der Waals surface area (Å²) in [6.45, 7) is 5.54. The summed E-state index contributed by atoms with van der Waals surface area (Å²) in [4.78, 5) is 2.47. The summed E-state index contributed by atoms with van der Waals surface area (Å²) in [5.74, 6) is 0. The van der Waals surface area contributed by atoms with Crippen molar-refractivity contribution in [2.45, 2.75) is 25.8 Å². The Morgan fingerprint density at radius 3 is 1.95 bits per heavy atom. The summed E-state index contributed by atoms with van der Waals surface area (Å²) in [6.07, 6.45) is 0. The van der Waals surface area contributed by atoms with Gasteiger partial charge in [0.25, 0.3) is 0 Å². The molecule has 0 saturated carbocycles. The van der Waals surface area contributed by atoms with Gasteiger partial charge in [0.15, 0.2) is 0 Å². The largest absolute Gasteiger partial charge is 0.336 e. The van der Waals surface area contributed by atoms with Gasteiger partial charge in [-0.25, -0.2) is 0 Å². The maximum Gasteiger partial charge on any atom is 0.0561 e. The summed E-state index contributed by atoms with van der Waals surface area (Å²) in [5.41, 5.74) is 15.1. The molecule has 0 spiro atoms. The molecule has 0 bridgehead atoms. The highest BCUT2D eigenvalue weighted by Crippen LogP contribution is 2.52. The molecule has 56 heavy (non-hydrogen) atoms. The summed E-state index contributed by atoms with van der Waals surface area (Å²) in [6, 6.07) is 71.7. The SMILES string of the molecule is CC1(C)c2ccccc2-c2cccc(-c3ccc(N(c4ccc5ccc6ccccc6c5c4)c4cccc5c4c4ccccc4n5Cc4ccccc4)cc3)c21. The van der Waals surface area contributed by atoms with E-state index in [0.29, 0.717) is 0 Å². The van der Waals surface area contributed by atoms with E-state index in [2.05, 4.69) is 217 Å². The number of benzene rings is 9.